The number of amides is 5. The van der Waals surface area contributed by atoms with E-state index in [0.29, 0.717) is 30.0 Å². The summed E-state index contributed by atoms with van der Waals surface area (Å²) in [4.78, 5) is 54.2. The Morgan fingerprint density at radius 3 is 2.59 bits per heavy atom. The lowest BCUT2D eigenvalue weighted by Crippen LogP contribution is -2.63. The molecule has 2 unspecified atom stereocenters. The van der Waals surface area contributed by atoms with E-state index in [-0.39, 0.29) is 49.8 Å². The quantitative estimate of drug-likeness (QED) is 0.506. The molecule has 1 aliphatic carbocycles. The second kappa shape index (κ2) is 12.2. The molecule has 2 aromatic carbocycles. The third-order valence-electron chi connectivity index (χ3n) is 6.83. The standard InChI is InChI=1S/C27H30ClFN4O4/c28-22-11-3-1-7-18(22)16-30-24(34)13-6-14-32-26(36)21-10-2-4-12-23(21)33(27(32)37)17-25(35)31-20-9-5-8-19(29)15-20/h1,3,5,7-9,11,15,21,23H,2,4,6,10,12-14,16-17H2,(H,30,34)(H,31,35). The van der Waals surface area contributed by atoms with Gasteiger partial charge in [-0.25, -0.2) is 9.18 Å². The molecule has 1 aliphatic heterocycles. The van der Waals surface area contributed by atoms with Crippen molar-refractivity contribution in [3.05, 3.63) is 64.9 Å². The Hall–Kier alpha value is -3.46. The SMILES string of the molecule is O=C(CCCN1C(=O)C2CCCCC2N(CC(=O)Nc2cccc(F)c2)C1=O)NCc1ccccc1Cl. The van der Waals surface area contributed by atoms with Crippen LogP contribution in [0.4, 0.5) is 14.9 Å². The molecule has 2 fully saturated rings. The van der Waals surface area contributed by atoms with E-state index in [1.165, 1.54) is 28.0 Å². The Balaban J connectivity index is 1.35. The first-order valence-electron chi connectivity index (χ1n) is 12.5. The van der Waals surface area contributed by atoms with Crippen LogP contribution in [0.25, 0.3) is 0 Å². The van der Waals surface area contributed by atoms with Crippen LogP contribution in [0.15, 0.2) is 48.5 Å². The van der Waals surface area contributed by atoms with Crippen LogP contribution >= 0.6 is 11.6 Å². The van der Waals surface area contributed by atoms with Crippen LogP contribution < -0.4 is 10.6 Å². The van der Waals surface area contributed by atoms with Crippen molar-refractivity contribution in [1.82, 2.24) is 15.1 Å². The molecule has 2 atom stereocenters. The number of carbonyl (C=O) groups excluding carboxylic acids is 4. The molecule has 4 rings (SSSR count). The molecular weight excluding hydrogens is 499 g/mol. The zero-order chi connectivity index (χ0) is 26.4. The molecule has 1 saturated heterocycles. The Morgan fingerprint density at radius 2 is 1.81 bits per heavy atom. The van der Waals surface area contributed by atoms with Gasteiger partial charge in [-0.1, -0.05) is 48.7 Å². The van der Waals surface area contributed by atoms with E-state index in [9.17, 15) is 23.6 Å². The molecule has 0 spiro atoms. The molecule has 2 aliphatic rings. The molecule has 0 bridgehead atoms. The van der Waals surface area contributed by atoms with Gasteiger partial charge >= 0.3 is 6.03 Å². The lowest BCUT2D eigenvalue weighted by molar-refractivity contribution is -0.142. The number of benzene rings is 2. The minimum atomic E-state index is -0.529. The summed E-state index contributed by atoms with van der Waals surface area (Å²) >= 11 is 6.12. The lowest BCUT2D eigenvalue weighted by Gasteiger charge is -2.46. The molecule has 8 nitrogen and oxygen atoms in total. The normalized spacial score (nSPS) is 19.4. The largest absolute Gasteiger partial charge is 0.352 e. The summed E-state index contributed by atoms with van der Waals surface area (Å²) in [6.07, 6.45) is 3.47. The van der Waals surface area contributed by atoms with Gasteiger partial charge in [0, 0.05) is 36.3 Å². The molecule has 1 heterocycles. The van der Waals surface area contributed by atoms with Crippen molar-refractivity contribution >= 4 is 41.0 Å². The first kappa shape index (κ1) is 26.6. The highest BCUT2D eigenvalue weighted by Gasteiger charge is 2.47. The molecule has 0 aromatic heterocycles. The van der Waals surface area contributed by atoms with Crippen molar-refractivity contribution < 1.29 is 23.6 Å². The summed E-state index contributed by atoms with van der Waals surface area (Å²) in [7, 11) is 0. The Morgan fingerprint density at radius 1 is 1.03 bits per heavy atom. The fraction of sp³-hybridized carbons (Fsp3) is 0.407. The second-order valence-corrected chi connectivity index (χ2v) is 9.80. The van der Waals surface area contributed by atoms with E-state index in [2.05, 4.69) is 10.6 Å². The number of nitrogens with one attached hydrogen (secondary N) is 2. The van der Waals surface area contributed by atoms with Gasteiger partial charge in [0.2, 0.25) is 17.7 Å². The number of hydrogen-bond acceptors (Lipinski definition) is 4. The van der Waals surface area contributed by atoms with E-state index in [0.717, 1.165) is 18.4 Å². The number of urea groups is 1. The van der Waals surface area contributed by atoms with Gasteiger partial charge in [-0.15, -0.1) is 0 Å². The number of carbonyl (C=O) groups is 4. The lowest BCUT2D eigenvalue weighted by atomic mass is 9.81. The van der Waals surface area contributed by atoms with Gasteiger partial charge in [0.15, 0.2) is 0 Å². The minimum absolute atomic E-state index is 0.0857. The predicted molar refractivity (Wildman–Crippen MR) is 137 cm³/mol. The Labute approximate surface area is 220 Å². The van der Waals surface area contributed by atoms with Gasteiger partial charge in [0.1, 0.15) is 12.4 Å². The second-order valence-electron chi connectivity index (χ2n) is 9.39. The zero-order valence-corrected chi connectivity index (χ0v) is 21.2. The average Bonchev–Trinajstić information content (AvgIpc) is 2.88. The number of nitrogens with zero attached hydrogens (tertiary/aromatic N) is 2. The maximum absolute atomic E-state index is 13.5. The number of hydrogen-bond donors (Lipinski definition) is 2. The van der Waals surface area contributed by atoms with Gasteiger partial charge < -0.3 is 15.5 Å². The maximum atomic E-state index is 13.5. The third kappa shape index (κ3) is 6.65. The van der Waals surface area contributed by atoms with Crippen LogP contribution in [-0.4, -0.2) is 52.7 Å². The van der Waals surface area contributed by atoms with Crippen molar-refractivity contribution in [3.63, 3.8) is 0 Å². The van der Waals surface area contributed by atoms with Gasteiger partial charge in [0.05, 0.1) is 5.92 Å². The predicted octanol–water partition coefficient (Wildman–Crippen LogP) is 4.34. The van der Waals surface area contributed by atoms with Crippen LogP contribution in [0.5, 0.6) is 0 Å². The molecule has 1 saturated carbocycles. The van der Waals surface area contributed by atoms with E-state index >= 15 is 0 Å². The topological polar surface area (TPSA) is 98.8 Å². The summed E-state index contributed by atoms with van der Waals surface area (Å²) in [6, 6.07) is 11.9. The number of rotatable bonds is 9. The molecule has 0 radical (unpaired) electrons. The summed E-state index contributed by atoms with van der Waals surface area (Å²) in [5.41, 5.74) is 1.10. The monoisotopic (exact) mass is 528 g/mol. The number of anilines is 1. The summed E-state index contributed by atoms with van der Waals surface area (Å²) < 4.78 is 13.5. The maximum Gasteiger partial charge on any atom is 0.327 e. The first-order valence-corrected chi connectivity index (χ1v) is 12.9. The number of halogens is 2. The Kier molecular flexibility index (Phi) is 8.76. The summed E-state index contributed by atoms with van der Waals surface area (Å²) in [6.45, 7) is 0.138. The van der Waals surface area contributed by atoms with Crippen LogP contribution in [0.2, 0.25) is 5.02 Å². The van der Waals surface area contributed by atoms with Crippen molar-refractivity contribution in [2.75, 3.05) is 18.4 Å². The van der Waals surface area contributed by atoms with Crippen LogP contribution in [-0.2, 0) is 20.9 Å². The van der Waals surface area contributed by atoms with Crippen molar-refractivity contribution in [1.29, 1.82) is 0 Å². The van der Waals surface area contributed by atoms with Crippen molar-refractivity contribution in [2.45, 2.75) is 51.1 Å². The van der Waals surface area contributed by atoms with E-state index in [1.54, 1.807) is 12.1 Å². The van der Waals surface area contributed by atoms with E-state index in [4.69, 9.17) is 11.6 Å². The highest BCUT2D eigenvalue weighted by Crippen LogP contribution is 2.34. The van der Waals surface area contributed by atoms with Gasteiger partial charge in [-0.2, -0.15) is 0 Å². The smallest absolute Gasteiger partial charge is 0.327 e. The molecule has 5 amide bonds. The molecule has 37 heavy (non-hydrogen) atoms. The minimum Gasteiger partial charge on any atom is -0.352 e. The third-order valence-corrected chi connectivity index (χ3v) is 7.20. The molecule has 10 heteroatoms. The van der Waals surface area contributed by atoms with Crippen LogP contribution in [0, 0.1) is 11.7 Å². The van der Waals surface area contributed by atoms with Crippen molar-refractivity contribution in [2.24, 2.45) is 5.92 Å². The average molecular weight is 529 g/mol. The fourth-order valence-electron chi connectivity index (χ4n) is 5.00. The van der Waals surface area contributed by atoms with E-state index in [1.807, 2.05) is 18.2 Å². The number of fused-ring (bicyclic) bond motifs is 1. The molecule has 196 valence electrons. The zero-order valence-electron chi connectivity index (χ0n) is 20.4. The van der Waals surface area contributed by atoms with Crippen LogP contribution in [0.3, 0.4) is 0 Å². The highest BCUT2D eigenvalue weighted by atomic mass is 35.5. The van der Waals surface area contributed by atoms with Crippen molar-refractivity contribution in [3.8, 4) is 0 Å². The molecule has 2 aromatic rings. The Bertz CT molecular complexity index is 1180. The van der Waals surface area contributed by atoms with Gasteiger partial charge in [-0.05, 0) is 49.1 Å². The fourth-order valence-corrected chi connectivity index (χ4v) is 5.20. The van der Waals surface area contributed by atoms with E-state index < -0.39 is 17.8 Å². The molecule has 2 N–H and O–H groups in total. The molecular formula is C27H30ClFN4O4. The van der Waals surface area contributed by atoms with Gasteiger partial charge in [0.25, 0.3) is 0 Å². The van der Waals surface area contributed by atoms with Gasteiger partial charge in [-0.3, -0.25) is 19.3 Å². The summed E-state index contributed by atoms with van der Waals surface area (Å²) in [5, 5.41) is 5.99. The summed E-state index contributed by atoms with van der Waals surface area (Å²) in [5.74, 6) is -1.77. The number of imide groups is 1. The first-order chi connectivity index (χ1) is 17.8. The van der Waals surface area contributed by atoms with Crippen LogP contribution in [0.1, 0.15) is 44.1 Å². The highest BCUT2D eigenvalue weighted by molar-refractivity contribution is 6.31.